The zero-order valence-corrected chi connectivity index (χ0v) is 15.4. The van der Waals surface area contributed by atoms with E-state index in [1.807, 2.05) is 19.9 Å². The fourth-order valence-electron chi connectivity index (χ4n) is 3.21. The molecule has 1 saturated heterocycles. The predicted octanol–water partition coefficient (Wildman–Crippen LogP) is 1.42. The first-order valence-corrected chi connectivity index (χ1v) is 9.11. The number of nitrogens with one attached hydrogen (secondary N) is 1. The average molecular weight is 358 g/mol. The second-order valence-electron chi connectivity index (χ2n) is 6.41. The Hall–Kier alpha value is -2.48. The Bertz CT molecular complexity index is 718. The van der Waals surface area contributed by atoms with Crippen molar-refractivity contribution in [3.63, 3.8) is 0 Å². The molecule has 1 amide bonds. The molecule has 2 aromatic rings. The lowest BCUT2D eigenvalue weighted by molar-refractivity contribution is 0.0915. The molecule has 1 atom stereocenters. The maximum absolute atomic E-state index is 12.8. The first kappa shape index (κ1) is 18.3. The molecule has 2 aromatic heterocycles. The van der Waals surface area contributed by atoms with Crippen LogP contribution in [-0.2, 0) is 11.3 Å². The van der Waals surface area contributed by atoms with Crippen LogP contribution in [0.5, 0.6) is 0 Å². The van der Waals surface area contributed by atoms with Crippen molar-refractivity contribution in [1.82, 2.24) is 25.1 Å². The minimum atomic E-state index is -0.0897. The molecule has 0 spiro atoms. The Morgan fingerprint density at radius 1 is 1.42 bits per heavy atom. The summed E-state index contributed by atoms with van der Waals surface area (Å²) in [7, 11) is 0. The Morgan fingerprint density at radius 2 is 2.31 bits per heavy atom. The molecule has 1 aliphatic rings. The number of amides is 1. The fraction of sp³-hybridized carbons (Fsp3) is 0.556. The van der Waals surface area contributed by atoms with Crippen LogP contribution in [0.25, 0.3) is 0 Å². The van der Waals surface area contributed by atoms with Crippen molar-refractivity contribution in [2.45, 2.75) is 39.3 Å². The van der Waals surface area contributed by atoms with Gasteiger partial charge in [0.2, 0.25) is 0 Å². The van der Waals surface area contributed by atoms with Gasteiger partial charge in [-0.2, -0.15) is 5.10 Å². The summed E-state index contributed by atoms with van der Waals surface area (Å²) in [5.74, 6) is 0.761. The van der Waals surface area contributed by atoms with Crippen molar-refractivity contribution in [1.29, 1.82) is 0 Å². The summed E-state index contributed by atoms with van der Waals surface area (Å²) in [5.41, 5.74) is 1.41. The van der Waals surface area contributed by atoms with E-state index >= 15 is 0 Å². The van der Waals surface area contributed by atoms with Gasteiger partial charge in [0.1, 0.15) is 11.5 Å². The standard InChI is InChI=1S/C18H26N6O2/c1-3-26-10-9-24-16(11-14(2)22-24)18(25)21-15-5-4-8-23(13-15)17-12-19-6-7-20-17/h6-7,11-12,15H,3-5,8-10,13H2,1-2H3,(H,21,25)/t15-/m1/s1. The first-order valence-electron chi connectivity index (χ1n) is 9.11. The number of anilines is 1. The first-order chi connectivity index (χ1) is 12.7. The molecule has 26 heavy (non-hydrogen) atoms. The summed E-state index contributed by atoms with van der Waals surface area (Å²) >= 11 is 0. The highest BCUT2D eigenvalue weighted by molar-refractivity contribution is 5.93. The Labute approximate surface area is 153 Å². The van der Waals surface area contributed by atoms with E-state index in [2.05, 4.69) is 25.3 Å². The average Bonchev–Trinajstić information content (AvgIpc) is 3.04. The van der Waals surface area contributed by atoms with E-state index in [4.69, 9.17) is 4.74 Å². The topological polar surface area (TPSA) is 85.2 Å². The molecule has 1 fully saturated rings. The molecule has 8 heteroatoms. The molecule has 8 nitrogen and oxygen atoms in total. The summed E-state index contributed by atoms with van der Waals surface area (Å²) in [6.45, 7) is 7.27. The van der Waals surface area contributed by atoms with Crippen LogP contribution in [-0.4, -0.2) is 58.0 Å². The Morgan fingerprint density at radius 3 is 3.08 bits per heavy atom. The highest BCUT2D eigenvalue weighted by Gasteiger charge is 2.24. The van der Waals surface area contributed by atoms with Gasteiger partial charge >= 0.3 is 0 Å². The van der Waals surface area contributed by atoms with Crippen LogP contribution in [0.15, 0.2) is 24.7 Å². The van der Waals surface area contributed by atoms with Crippen LogP contribution in [0.1, 0.15) is 35.9 Å². The summed E-state index contributed by atoms with van der Waals surface area (Å²) < 4.78 is 7.11. The number of carbonyl (C=O) groups is 1. The van der Waals surface area contributed by atoms with Gasteiger partial charge in [-0.25, -0.2) is 4.98 Å². The van der Waals surface area contributed by atoms with E-state index in [1.165, 1.54) is 0 Å². The van der Waals surface area contributed by atoms with Gasteiger partial charge in [-0.15, -0.1) is 0 Å². The Balaban J connectivity index is 1.62. The van der Waals surface area contributed by atoms with E-state index in [0.29, 0.717) is 25.5 Å². The molecule has 3 heterocycles. The van der Waals surface area contributed by atoms with Crippen LogP contribution >= 0.6 is 0 Å². The molecule has 0 aromatic carbocycles. The maximum atomic E-state index is 12.8. The Kier molecular flexibility index (Phi) is 6.17. The lowest BCUT2D eigenvalue weighted by Gasteiger charge is -2.33. The minimum absolute atomic E-state index is 0.0776. The number of nitrogens with zero attached hydrogens (tertiary/aromatic N) is 5. The molecule has 0 aliphatic carbocycles. The highest BCUT2D eigenvalue weighted by Crippen LogP contribution is 2.17. The highest BCUT2D eigenvalue weighted by atomic mass is 16.5. The van der Waals surface area contributed by atoms with E-state index < -0.39 is 0 Å². The van der Waals surface area contributed by atoms with Crippen LogP contribution < -0.4 is 10.2 Å². The molecular formula is C18H26N6O2. The quantitative estimate of drug-likeness (QED) is 0.754. The van der Waals surface area contributed by atoms with E-state index in [-0.39, 0.29) is 11.9 Å². The summed E-state index contributed by atoms with van der Waals surface area (Å²) in [5, 5.41) is 7.55. The van der Waals surface area contributed by atoms with Crippen molar-refractivity contribution in [3.8, 4) is 0 Å². The molecule has 1 aliphatic heterocycles. The van der Waals surface area contributed by atoms with Crippen molar-refractivity contribution >= 4 is 11.7 Å². The normalized spacial score (nSPS) is 17.3. The summed E-state index contributed by atoms with van der Waals surface area (Å²) in [4.78, 5) is 23.4. The second-order valence-corrected chi connectivity index (χ2v) is 6.41. The van der Waals surface area contributed by atoms with Gasteiger partial charge in [0.15, 0.2) is 0 Å². The number of hydrogen-bond acceptors (Lipinski definition) is 6. The zero-order valence-electron chi connectivity index (χ0n) is 15.4. The van der Waals surface area contributed by atoms with Crippen LogP contribution in [0.3, 0.4) is 0 Å². The van der Waals surface area contributed by atoms with Crippen molar-refractivity contribution in [3.05, 3.63) is 36.0 Å². The third kappa shape index (κ3) is 4.57. The van der Waals surface area contributed by atoms with Gasteiger partial charge < -0.3 is 15.0 Å². The maximum Gasteiger partial charge on any atom is 0.269 e. The molecule has 0 saturated carbocycles. The number of hydrogen-bond donors (Lipinski definition) is 1. The van der Waals surface area contributed by atoms with Crippen molar-refractivity contribution in [2.24, 2.45) is 0 Å². The molecule has 0 bridgehead atoms. The number of carbonyl (C=O) groups excluding carboxylic acids is 1. The van der Waals surface area contributed by atoms with Gasteiger partial charge in [0.25, 0.3) is 5.91 Å². The molecular weight excluding hydrogens is 332 g/mol. The largest absolute Gasteiger partial charge is 0.380 e. The minimum Gasteiger partial charge on any atom is -0.380 e. The van der Waals surface area contributed by atoms with Crippen LogP contribution in [0.4, 0.5) is 5.82 Å². The van der Waals surface area contributed by atoms with Gasteiger partial charge in [0.05, 0.1) is 25.0 Å². The number of aromatic nitrogens is 4. The predicted molar refractivity (Wildman–Crippen MR) is 98.2 cm³/mol. The third-order valence-electron chi connectivity index (χ3n) is 4.42. The smallest absolute Gasteiger partial charge is 0.269 e. The molecule has 0 radical (unpaired) electrons. The number of ether oxygens (including phenoxy) is 1. The lowest BCUT2D eigenvalue weighted by Crippen LogP contribution is -2.48. The van der Waals surface area contributed by atoms with E-state index in [9.17, 15) is 4.79 Å². The second kappa shape index (κ2) is 8.75. The van der Waals surface area contributed by atoms with Gasteiger partial charge in [-0.1, -0.05) is 0 Å². The molecule has 140 valence electrons. The van der Waals surface area contributed by atoms with Crippen molar-refractivity contribution < 1.29 is 9.53 Å². The SMILES string of the molecule is CCOCCn1nc(C)cc1C(=O)N[C@@H]1CCCN(c2cnccn2)C1. The fourth-order valence-corrected chi connectivity index (χ4v) is 3.21. The monoisotopic (exact) mass is 358 g/mol. The molecule has 3 rings (SSSR count). The summed E-state index contributed by atoms with van der Waals surface area (Å²) in [6.07, 6.45) is 7.07. The van der Waals surface area contributed by atoms with Crippen LogP contribution in [0.2, 0.25) is 0 Å². The van der Waals surface area contributed by atoms with Gasteiger partial charge in [-0.3, -0.25) is 14.5 Å². The molecule has 0 unspecified atom stereocenters. The van der Waals surface area contributed by atoms with Crippen LogP contribution in [0, 0.1) is 6.92 Å². The van der Waals surface area contributed by atoms with Crippen molar-refractivity contribution in [2.75, 3.05) is 31.2 Å². The lowest BCUT2D eigenvalue weighted by atomic mass is 10.1. The van der Waals surface area contributed by atoms with E-state index in [1.54, 1.807) is 23.3 Å². The number of piperidine rings is 1. The zero-order chi connectivity index (χ0) is 18.4. The number of rotatable bonds is 7. The molecule has 1 N–H and O–H groups in total. The summed E-state index contributed by atoms with van der Waals surface area (Å²) in [6, 6.07) is 1.90. The van der Waals surface area contributed by atoms with Gasteiger partial charge in [0, 0.05) is 38.1 Å². The van der Waals surface area contributed by atoms with E-state index in [0.717, 1.165) is 37.4 Å². The third-order valence-corrected chi connectivity index (χ3v) is 4.42. The number of aryl methyl sites for hydroxylation is 1. The van der Waals surface area contributed by atoms with Gasteiger partial charge in [-0.05, 0) is 32.8 Å².